The number of fused-ring (bicyclic) bond motifs is 1. The van der Waals surface area contributed by atoms with Crippen molar-refractivity contribution in [3.05, 3.63) is 59.4 Å². The van der Waals surface area contributed by atoms with E-state index in [1.807, 2.05) is 45.0 Å². The molecule has 0 spiro atoms. The number of rotatable bonds is 3. The van der Waals surface area contributed by atoms with E-state index in [0.29, 0.717) is 11.4 Å². The summed E-state index contributed by atoms with van der Waals surface area (Å²) in [5.74, 6) is -0.251. The molecule has 1 atom stereocenters. The minimum Gasteiger partial charge on any atom is -0.444 e. The van der Waals surface area contributed by atoms with Gasteiger partial charge in [-0.25, -0.2) is 9.18 Å². The zero-order valence-corrected chi connectivity index (χ0v) is 14.7. The number of anilines is 2. The van der Waals surface area contributed by atoms with Crippen LogP contribution >= 0.6 is 0 Å². The van der Waals surface area contributed by atoms with Crippen LogP contribution in [-0.2, 0) is 11.2 Å². The molecule has 0 radical (unpaired) electrons. The predicted octanol–water partition coefficient (Wildman–Crippen LogP) is 5.27. The van der Waals surface area contributed by atoms with Gasteiger partial charge in [-0.1, -0.05) is 18.2 Å². The van der Waals surface area contributed by atoms with E-state index in [1.165, 1.54) is 6.07 Å². The molecule has 0 aromatic heterocycles. The minimum absolute atomic E-state index is 0.0717. The second-order valence-corrected chi connectivity index (χ2v) is 7.26. The Hall–Kier alpha value is -2.56. The van der Waals surface area contributed by atoms with E-state index in [-0.39, 0.29) is 11.9 Å². The minimum atomic E-state index is -0.532. The highest BCUT2D eigenvalue weighted by atomic mass is 19.1. The van der Waals surface area contributed by atoms with Gasteiger partial charge in [0.2, 0.25) is 0 Å². The first kappa shape index (κ1) is 17.3. The van der Waals surface area contributed by atoms with Gasteiger partial charge in [0.05, 0.1) is 11.7 Å². The molecule has 132 valence electrons. The molecule has 0 fully saturated rings. The first-order valence-electron chi connectivity index (χ1n) is 8.46. The van der Waals surface area contributed by atoms with Crippen molar-refractivity contribution < 1.29 is 13.9 Å². The molecule has 1 aliphatic rings. The van der Waals surface area contributed by atoms with Crippen molar-refractivity contribution in [1.82, 2.24) is 0 Å². The molecule has 2 aromatic carbocycles. The lowest BCUT2D eigenvalue weighted by molar-refractivity contribution is 0.0636. The molecular formula is C20H23FN2O2. The number of carbonyl (C=O) groups excluding carboxylic acids is 1. The molecular weight excluding hydrogens is 319 g/mol. The van der Waals surface area contributed by atoms with E-state index in [2.05, 4.69) is 10.6 Å². The molecule has 5 heteroatoms. The molecule has 0 aliphatic heterocycles. The molecule has 1 amide bonds. The molecule has 2 N–H and O–H groups in total. The van der Waals surface area contributed by atoms with Crippen LogP contribution in [0.1, 0.15) is 44.4 Å². The number of para-hydroxylation sites is 1. The first-order valence-corrected chi connectivity index (χ1v) is 8.46. The molecule has 0 saturated carbocycles. The van der Waals surface area contributed by atoms with Gasteiger partial charge in [-0.2, -0.15) is 0 Å². The van der Waals surface area contributed by atoms with Gasteiger partial charge in [-0.05, 0) is 69.0 Å². The van der Waals surface area contributed by atoms with Crippen LogP contribution in [0.5, 0.6) is 0 Å². The van der Waals surface area contributed by atoms with Crippen molar-refractivity contribution in [2.45, 2.75) is 45.3 Å². The maximum absolute atomic E-state index is 13.8. The predicted molar refractivity (Wildman–Crippen MR) is 97.4 cm³/mol. The van der Waals surface area contributed by atoms with Crippen molar-refractivity contribution in [2.24, 2.45) is 0 Å². The van der Waals surface area contributed by atoms with Crippen LogP contribution in [0.2, 0.25) is 0 Å². The lowest BCUT2D eigenvalue weighted by Crippen LogP contribution is -2.27. The average molecular weight is 342 g/mol. The Bertz CT molecular complexity index is 784. The van der Waals surface area contributed by atoms with E-state index in [4.69, 9.17) is 4.74 Å². The van der Waals surface area contributed by atoms with E-state index in [9.17, 15) is 9.18 Å². The molecule has 25 heavy (non-hydrogen) atoms. The summed E-state index contributed by atoms with van der Waals surface area (Å²) in [5, 5.41) is 6.03. The number of aryl methyl sites for hydroxylation is 1. The third-order valence-electron chi connectivity index (χ3n) is 4.07. The smallest absolute Gasteiger partial charge is 0.412 e. The molecule has 0 bridgehead atoms. The number of ether oxygens (including phenoxy) is 1. The van der Waals surface area contributed by atoms with Gasteiger partial charge in [-0.3, -0.25) is 5.32 Å². The Morgan fingerprint density at radius 3 is 2.68 bits per heavy atom. The third-order valence-corrected chi connectivity index (χ3v) is 4.07. The Morgan fingerprint density at radius 2 is 1.96 bits per heavy atom. The van der Waals surface area contributed by atoms with Crippen molar-refractivity contribution in [1.29, 1.82) is 0 Å². The van der Waals surface area contributed by atoms with Crippen LogP contribution < -0.4 is 10.6 Å². The third kappa shape index (κ3) is 4.29. The molecule has 0 saturated heterocycles. The quantitative estimate of drug-likeness (QED) is 0.798. The SMILES string of the molecule is CC(C)(C)OC(=O)Nc1ccc2c(c1)CCC2Nc1ccccc1F. The molecule has 1 unspecified atom stereocenters. The van der Waals surface area contributed by atoms with Gasteiger partial charge in [0, 0.05) is 5.69 Å². The summed E-state index contributed by atoms with van der Waals surface area (Å²) >= 11 is 0. The van der Waals surface area contributed by atoms with Crippen LogP contribution in [0.3, 0.4) is 0 Å². The molecule has 1 aliphatic carbocycles. The second kappa shape index (κ2) is 6.75. The van der Waals surface area contributed by atoms with Crippen LogP contribution in [0.15, 0.2) is 42.5 Å². The van der Waals surface area contributed by atoms with E-state index in [1.54, 1.807) is 12.1 Å². The summed E-state index contributed by atoms with van der Waals surface area (Å²) in [7, 11) is 0. The number of amides is 1. The lowest BCUT2D eigenvalue weighted by atomic mass is 10.1. The standard InChI is InChI=1S/C20H23FN2O2/c1-20(2,3)25-19(24)22-14-9-10-15-13(12-14)8-11-17(15)23-18-7-5-4-6-16(18)21/h4-7,9-10,12,17,23H,8,11H2,1-3H3,(H,22,24). The van der Waals surface area contributed by atoms with Crippen molar-refractivity contribution in [3.8, 4) is 0 Å². The van der Waals surface area contributed by atoms with Crippen molar-refractivity contribution >= 4 is 17.5 Å². The van der Waals surface area contributed by atoms with Crippen LogP contribution in [0, 0.1) is 5.82 Å². The van der Waals surface area contributed by atoms with E-state index >= 15 is 0 Å². The average Bonchev–Trinajstić information content (AvgIpc) is 2.90. The van der Waals surface area contributed by atoms with Gasteiger partial charge in [0.1, 0.15) is 11.4 Å². The molecule has 2 aromatic rings. The highest BCUT2D eigenvalue weighted by Crippen LogP contribution is 2.35. The number of hydrogen-bond donors (Lipinski definition) is 2. The number of benzene rings is 2. The zero-order valence-electron chi connectivity index (χ0n) is 14.7. The fourth-order valence-corrected chi connectivity index (χ4v) is 3.03. The van der Waals surface area contributed by atoms with Crippen molar-refractivity contribution in [3.63, 3.8) is 0 Å². The summed E-state index contributed by atoms with van der Waals surface area (Å²) in [4.78, 5) is 11.9. The van der Waals surface area contributed by atoms with Crippen molar-refractivity contribution in [2.75, 3.05) is 10.6 Å². The molecule has 3 rings (SSSR count). The Kier molecular flexibility index (Phi) is 4.66. The maximum atomic E-state index is 13.8. The number of carbonyl (C=O) groups is 1. The summed E-state index contributed by atoms with van der Waals surface area (Å²) in [5.41, 5.74) is 2.98. The fourth-order valence-electron chi connectivity index (χ4n) is 3.03. The Balaban J connectivity index is 1.70. The largest absolute Gasteiger partial charge is 0.444 e. The van der Waals surface area contributed by atoms with Gasteiger partial charge < -0.3 is 10.1 Å². The monoisotopic (exact) mass is 342 g/mol. The first-order chi connectivity index (χ1) is 11.8. The summed E-state index contributed by atoms with van der Waals surface area (Å²) in [6, 6.07) is 12.5. The summed E-state index contributed by atoms with van der Waals surface area (Å²) in [6.07, 6.45) is 1.30. The highest BCUT2D eigenvalue weighted by molar-refractivity contribution is 5.85. The second-order valence-electron chi connectivity index (χ2n) is 7.26. The normalized spacial score (nSPS) is 16.2. The highest BCUT2D eigenvalue weighted by Gasteiger charge is 2.24. The van der Waals surface area contributed by atoms with Gasteiger partial charge in [0.15, 0.2) is 0 Å². The van der Waals surface area contributed by atoms with Crippen LogP contribution in [-0.4, -0.2) is 11.7 Å². The molecule has 4 nitrogen and oxygen atoms in total. The van der Waals surface area contributed by atoms with E-state index < -0.39 is 11.7 Å². The Morgan fingerprint density at radius 1 is 1.20 bits per heavy atom. The summed E-state index contributed by atoms with van der Waals surface area (Å²) in [6.45, 7) is 5.48. The van der Waals surface area contributed by atoms with Gasteiger partial charge in [-0.15, -0.1) is 0 Å². The Labute approximate surface area is 147 Å². The van der Waals surface area contributed by atoms with E-state index in [0.717, 1.165) is 24.0 Å². The lowest BCUT2D eigenvalue weighted by Gasteiger charge is -2.20. The number of hydrogen-bond acceptors (Lipinski definition) is 3. The maximum Gasteiger partial charge on any atom is 0.412 e. The van der Waals surface area contributed by atoms with Crippen LogP contribution in [0.25, 0.3) is 0 Å². The van der Waals surface area contributed by atoms with Crippen LogP contribution in [0.4, 0.5) is 20.6 Å². The summed E-state index contributed by atoms with van der Waals surface area (Å²) < 4.78 is 19.1. The zero-order chi connectivity index (χ0) is 18.0. The molecule has 0 heterocycles. The number of nitrogens with one attached hydrogen (secondary N) is 2. The fraction of sp³-hybridized carbons (Fsp3) is 0.350. The number of halogens is 1. The topological polar surface area (TPSA) is 50.4 Å². The van der Waals surface area contributed by atoms with Gasteiger partial charge in [0.25, 0.3) is 0 Å². The van der Waals surface area contributed by atoms with Gasteiger partial charge >= 0.3 is 6.09 Å².